The summed E-state index contributed by atoms with van der Waals surface area (Å²) in [5.41, 5.74) is 7.54. The maximum atomic E-state index is 5.92. The molecule has 0 aliphatic carbocycles. The van der Waals surface area contributed by atoms with Gasteiger partial charge in [-0.25, -0.2) is 15.0 Å². The molecular formula is C11H10BrN5S. The first kappa shape index (κ1) is 11.6. The van der Waals surface area contributed by atoms with Gasteiger partial charge in [-0.15, -0.1) is 11.3 Å². The van der Waals surface area contributed by atoms with Crippen molar-refractivity contribution < 1.29 is 0 Å². The number of nitrogen functional groups attached to an aromatic ring is 1. The molecular weight excluding hydrogens is 314 g/mol. The third kappa shape index (κ3) is 2.11. The van der Waals surface area contributed by atoms with Crippen molar-refractivity contribution in [3.8, 4) is 0 Å². The van der Waals surface area contributed by atoms with E-state index in [0.717, 1.165) is 33.6 Å². The van der Waals surface area contributed by atoms with E-state index in [-0.39, 0.29) is 0 Å². The van der Waals surface area contributed by atoms with E-state index >= 15 is 0 Å². The number of rotatable bonds is 3. The second-order valence-electron chi connectivity index (χ2n) is 3.79. The van der Waals surface area contributed by atoms with Crippen molar-refractivity contribution in [2.75, 3.05) is 5.73 Å². The zero-order chi connectivity index (χ0) is 12.5. The van der Waals surface area contributed by atoms with E-state index in [9.17, 15) is 0 Å². The highest BCUT2D eigenvalue weighted by atomic mass is 79.9. The number of imidazole rings is 1. The van der Waals surface area contributed by atoms with Crippen molar-refractivity contribution in [2.24, 2.45) is 0 Å². The minimum Gasteiger partial charge on any atom is -0.369 e. The Morgan fingerprint density at radius 2 is 2.28 bits per heavy atom. The summed E-state index contributed by atoms with van der Waals surface area (Å²) >= 11 is 5.02. The average Bonchev–Trinajstić information content (AvgIpc) is 2.93. The number of hydrogen-bond acceptors (Lipinski definition) is 5. The van der Waals surface area contributed by atoms with Crippen LogP contribution in [0.4, 0.5) is 5.95 Å². The number of hydrogen-bond donors (Lipinski definition) is 1. The van der Waals surface area contributed by atoms with Gasteiger partial charge in [0.25, 0.3) is 0 Å². The standard InChI is InChI=1S/C11H10BrN5S/c12-7-5-8-10(15-6-7)17(11(13)16-8)3-1-9-14-2-4-18-9/h2,4-6H,1,3H2,(H2,13,16). The van der Waals surface area contributed by atoms with Crippen molar-refractivity contribution in [1.82, 2.24) is 19.5 Å². The van der Waals surface area contributed by atoms with Crippen molar-refractivity contribution in [3.05, 3.63) is 33.3 Å². The van der Waals surface area contributed by atoms with Crippen LogP contribution in [0.15, 0.2) is 28.3 Å². The predicted octanol–water partition coefficient (Wildman–Crippen LogP) is 2.48. The second-order valence-corrected chi connectivity index (χ2v) is 5.69. The van der Waals surface area contributed by atoms with Crippen LogP contribution in [0.3, 0.4) is 0 Å². The Bertz CT molecular complexity index is 676. The van der Waals surface area contributed by atoms with Gasteiger partial charge in [-0.1, -0.05) is 0 Å². The van der Waals surface area contributed by atoms with Crippen LogP contribution in [0.25, 0.3) is 11.2 Å². The molecule has 0 aliphatic heterocycles. The van der Waals surface area contributed by atoms with Gasteiger partial charge in [0.2, 0.25) is 5.95 Å². The molecule has 0 radical (unpaired) electrons. The number of anilines is 1. The lowest BCUT2D eigenvalue weighted by Crippen LogP contribution is -2.06. The molecule has 3 aromatic heterocycles. The highest BCUT2D eigenvalue weighted by molar-refractivity contribution is 9.10. The number of nitrogens with two attached hydrogens (primary N) is 1. The SMILES string of the molecule is Nc1nc2cc(Br)cnc2n1CCc1nccs1. The van der Waals surface area contributed by atoms with Gasteiger partial charge in [-0.05, 0) is 22.0 Å². The molecule has 3 aromatic rings. The molecule has 0 aliphatic rings. The van der Waals surface area contributed by atoms with Gasteiger partial charge in [0, 0.05) is 35.2 Å². The number of nitrogens with zero attached hydrogens (tertiary/aromatic N) is 4. The molecule has 0 saturated carbocycles. The van der Waals surface area contributed by atoms with Crippen molar-refractivity contribution in [1.29, 1.82) is 0 Å². The Hall–Kier alpha value is -1.47. The molecule has 7 heteroatoms. The highest BCUT2D eigenvalue weighted by Gasteiger charge is 2.10. The zero-order valence-electron chi connectivity index (χ0n) is 9.38. The molecule has 0 unspecified atom stereocenters. The van der Waals surface area contributed by atoms with Crippen LogP contribution in [0, 0.1) is 0 Å². The van der Waals surface area contributed by atoms with Crippen LogP contribution in [-0.2, 0) is 13.0 Å². The fourth-order valence-electron chi connectivity index (χ4n) is 1.81. The van der Waals surface area contributed by atoms with Crippen molar-refractivity contribution in [2.45, 2.75) is 13.0 Å². The molecule has 0 aromatic carbocycles. The number of pyridine rings is 1. The van der Waals surface area contributed by atoms with Gasteiger partial charge >= 0.3 is 0 Å². The fourth-order valence-corrected chi connectivity index (χ4v) is 2.74. The van der Waals surface area contributed by atoms with Crippen LogP contribution in [0.5, 0.6) is 0 Å². The van der Waals surface area contributed by atoms with Crippen molar-refractivity contribution in [3.63, 3.8) is 0 Å². The molecule has 3 rings (SSSR count). The van der Waals surface area contributed by atoms with Gasteiger partial charge in [-0.3, -0.25) is 4.57 Å². The number of halogens is 1. The normalized spacial score (nSPS) is 11.2. The molecule has 0 fully saturated rings. The summed E-state index contributed by atoms with van der Waals surface area (Å²) in [6.07, 6.45) is 4.40. The maximum absolute atomic E-state index is 5.92. The molecule has 5 nitrogen and oxygen atoms in total. The fraction of sp³-hybridized carbons (Fsp3) is 0.182. The average molecular weight is 324 g/mol. The Morgan fingerprint density at radius 1 is 1.39 bits per heavy atom. The number of aromatic nitrogens is 4. The van der Waals surface area contributed by atoms with E-state index in [2.05, 4.69) is 30.9 Å². The topological polar surface area (TPSA) is 69.6 Å². The molecule has 0 spiro atoms. The molecule has 3 heterocycles. The quantitative estimate of drug-likeness (QED) is 0.803. The Morgan fingerprint density at radius 3 is 3.06 bits per heavy atom. The molecule has 2 N–H and O–H groups in total. The van der Waals surface area contributed by atoms with Crippen LogP contribution >= 0.6 is 27.3 Å². The van der Waals surface area contributed by atoms with E-state index in [1.165, 1.54) is 0 Å². The van der Waals surface area contributed by atoms with Gasteiger partial charge in [0.1, 0.15) is 5.52 Å². The Balaban J connectivity index is 1.93. The van der Waals surface area contributed by atoms with Crippen molar-refractivity contribution >= 4 is 44.4 Å². The monoisotopic (exact) mass is 323 g/mol. The first-order valence-electron chi connectivity index (χ1n) is 5.39. The largest absolute Gasteiger partial charge is 0.369 e. The van der Waals surface area contributed by atoms with Gasteiger partial charge in [-0.2, -0.15) is 0 Å². The summed E-state index contributed by atoms with van der Waals surface area (Å²) in [5, 5.41) is 3.06. The maximum Gasteiger partial charge on any atom is 0.202 e. The van der Waals surface area contributed by atoms with E-state index < -0.39 is 0 Å². The third-order valence-electron chi connectivity index (χ3n) is 2.61. The molecule has 0 atom stereocenters. The minimum atomic E-state index is 0.493. The van der Waals surface area contributed by atoms with Crippen LogP contribution in [0.2, 0.25) is 0 Å². The minimum absolute atomic E-state index is 0.493. The lowest BCUT2D eigenvalue weighted by molar-refractivity contribution is 0.716. The van der Waals surface area contributed by atoms with Crippen LogP contribution in [-0.4, -0.2) is 19.5 Å². The summed E-state index contributed by atoms with van der Waals surface area (Å²) < 4.78 is 2.82. The zero-order valence-corrected chi connectivity index (χ0v) is 11.8. The van der Waals surface area contributed by atoms with Crippen LogP contribution < -0.4 is 5.73 Å². The third-order valence-corrected chi connectivity index (χ3v) is 3.89. The summed E-state index contributed by atoms with van der Waals surface area (Å²) in [6, 6.07) is 1.92. The van der Waals surface area contributed by atoms with Gasteiger partial charge in [0.15, 0.2) is 5.65 Å². The smallest absolute Gasteiger partial charge is 0.202 e. The second kappa shape index (κ2) is 4.66. The first-order valence-corrected chi connectivity index (χ1v) is 7.07. The Kier molecular flexibility index (Phi) is 3.00. The summed E-state index contributed by atoms with van der Waals surface area (Å²) in [4.78, 5) is 12.9. The molecule has 0 amide bonds. The summed E-state index contributed by atoms with van der Waals surface area (Å²) in [7, 11) is 0. The predicted molar refractivity (Wildman–Crippen MR) is 75.5 cm³/mol. The molecule has 92 valence electrons. The van der Waals surface area contributed by atoms with E-state index in [0.29, 0.717) is 5.95 Å². The summed E-state index contributed by atoms with van der Waals surface area (Å²) in [6.45, 7) is 0.741. The lowest BCUT2D eigenvalue weighted by Gasteiger charge is -2.03. The van der Waals surface area contributed by atoms with E-state index in [1.807, 2.05) is 22.2 Å². The van der Waals surface area contributed by atoms with E-state index in [1.54, 1.807) is 17.5 Å². The number of aryl methyl sites for hydroxylation is 2. The highest BCUT2D eigenvalue weighted by Crippen LogP contribution is 2.20. The van der Waals surface area contributed by atoms with E-state index in [4.69, 9.17) is 5.73 Å². The first-order chi connectivity index (χ1) is 8.74. The van der Waals surface area contributed by atoms with Gasteiger partial charge in [0.05, 0.1) is 5.01 Å². The molecule has 0 bridgehead atoms. The number of thiazole rings is 1. The molecule has 0 saturated heterocycles. The van der Waals surface area contributed by atoms with Crippen LogP contribution in [0.1, 0.15) is 5.01 Å². The van der Waals surface area contributed by atoms with Gasteiger partial charge < -0.3 is 5.73 Å². The summed E-state index contributed by atoms with van der Waals surface area (Å²) in [5.74, 6) is 0.493. The molecule has 18 heavy (non-hydrogen) atoms. The Labute approximate surface area is 116 Å². The number of fused-ring (bicyclic) bond motifs is 1. The lowest BCUT2D eigenvalue weighted by atomic mass is 10.4.